The van der Waals surface area contributed by atoms with Crippen LogP contribution in [0.1, 0.15) is 35.0 Å². The molecule has 7 heteroatoms. The third-order valence-corrected chi connectivity index (χ3v) is 5.02. The van der Waals surface area contributed by atoms with Crippen molar-refractivity contribution in [2.45, 2.75) is 26.7 Å². The predicted molar refractivity (Wildman–Crippen MR) is 107 cm³/mol. The fraction of sp³-hybridized carbons (Fsp3) is 0.250. The van der Waals surface area contributed by atoms with Gasteiger partial charge in [0.25, 0.3) is 0 Å². The zero-order valence-electron chi connectivity index (χ0n) is 15.4. The minimum absolute atomic E-state index is 0.171. The van der Waals surface area contributed by atoms with E-state index in [2.05, 4.69) is 17.2 Å². The van der Waals surface area contributed by atoms with E-state index in [1.807, 2.05) is 24.4 Å². The van der Waals surface area contributed by atoms with Gasteiger partial charge in [0.15, 0.2) is 5.82 Å². The number of benzene rings is 1. The molecule has 1 aromatic carbocycles. The number of nitrogens with zero attached hydrogens (tertiary/aromatic N) is 2. The highest BCUT2D eigenvalue weighted by Gasteiger charge is 2.16. The Hall–Kier alpha value is -2.93. The minimum Gasteiger partial charge on any atom is -0.495 e. The van der Waals surface area contributed by atoms with Crippen LogP contribution in [-0.4, -0.2) is 28.2 Å². The van der Waals surface area contributed by atoms with E-state index in [0.29, 0.717) is 23.1 Å². The smallest absolute Gasteiger partial charge is 0.335 e. The Bertz CT molecular complexity index is 955. The maximum atomic E-state index is 11.2. The third-order valence-electron chi connectivity index (χ3n) is 4.16. The molecule has 0 saturated heterocycles. The number of nitrogens with one attached hydrogen (secondary N) is 1. The first kappa shape index (κ1) is 18.8. The summed E-state index contributed by atoms with van der Waals surface area (Å²) in [5.74, 6) is 0.843. The van der Waals surface area contributed by atoms with Crippen LogP contribution in [0.3, 0.4) is 0 Å². The number of aromatic carboxylic acids is 1. The van der Waals surface area contributed by atoms with E-state index < -0.39 is 5.97 Å². The molecule has 0 aliphatic rings. The van der Waals surface area contributed by atoms with Crippen LogP contribution < -0.4 is 10.1 Å². The Morgan fingerprint density at radius 3 is 2.74 bits per heavy atom. The van der Waals surface area contributed by atoms with Crippen LogP contribution >= 0.6 is 11.3 Å². The predicted octanol–water partition coefficient (Wildman–Crippen LogP) is 4.92. The first-order chi connectivity index (χ1) is 13.0. The number of carboxylic acids is 1. The molecule has 0 aliphatic heterocycles. The van der Waals surface area contributed by atoms with Crippen LogP contribution in [0.4, 0.5) is 11.5 Å². The number of aromatic nitrogens is 2. The lowest BCUT2D eigenvalue weighted by Gasteiger charge is -2.16. The van der Waals surface area contributed by atoms with Gasteiger partial charge in [0, 0.05) is 11.3 Å². The molecule has 2 aromatic heterocycles. The van der Waals surface area contributed by atoms with Gasteiger partial charge in [-0.15, -0.1) is 11.3 Å². The number of methoxy groups -OCH3 is 1. The van der Waals surface area contributed by atoms with Crippen molar-refractivity contribution in [2.24, 2.45) is 0 Å². The molecule has 0 fully saturated rings. The molecule has 2 heterocycles. The van der Waals surface area contributed by atoms with Crippen LogP contribution in [0.5, 0.6) is 5.75 Å². The van der Waals surface area contributed by atoms with Gasteiger partial charge in [0.1, 0.15) is 11.6 Å². The number of thiophene rings is 1. The molecular weight excluding hydrogens is 362 g/mol. The lowest BCUT2D eigenvalue weighted by Crippen LogP contribution is -2.07. The minimum atomic E-state index is -0.996. The van der Waals surface area contributed by atoms with Crippen molar-refractivity contribution in [1.29, 1.82) is 0 Å². The normalized spacial score (nSPS) is 10.6. The molecule has 0 aliphatic carbocycles. The summed E-state index contributed by atoms with van der Waals surface area (Å²) in [5.41, 5.74) is 2.81. The first-order valence-electron chi connectivity index (χ1n) is 8.63. The monoisotopic (exact) mass is 383 g/mol. The average molecular weight is 383 g/mol. The summed E-state index contributed by atoms with van der Waals surface area (Å²) in [6, 6.07) is 8.70. The Morgan fingerprint density at radius 1 is 1.30 bits per heavy atom. The summed E-state index contributed by atoms with van der Waals surface area (Å²) in [7, 11) is 1.52. The SMILES string of the molecule is CCCc1c(C)nc(-c2cccs2)nc1Nc1ccc(C(=O)O)cc1OC. The van der Waals surface area contributed by atoms with Crippen molar-refractivity contribution in [3.05, 3.63) is 52.5 Å². The Labute approximate surface area is 161 Å². The average Bonchev–Trinajstić information content (AvgIpc) is 3.19. The molecule has 0 saturated carbocycles. The van der Waals surface area contributed by atoms with E-state index in [1.165, 1.54) is 13.2 Å². The van der Waals surface area contributed by atoms with Crippen molar-refractivity contribution < 1.29 is 14.6 Å². The van der Waals surface area contributed by atoms with Crippen LogP contribution in [0.25, 0.3) is 10.7 Å². The summed E-state index contributed by atoms with van der Waals surface area (Å²) < 4.78 is 5.37. The van der Waals surface area contributed by atoms with E-state index in [-0.39, 0.29) is 5.56 Å². The van der Waals surface area contributed by atoms with Gasteiger partial charge in [-0.25, -0.2) is 14.8 Å². The Morgan fingerprint density at radius 2 is 2.11 bits per heavy atom. The second kappa shape index (κ2) is 8.18. The number of carbonyl (C=O) groups is 1. The van der Waals surface area contributed by atoms with Crippen molar-refractivity contribution in [1.82, 2.24) is 9.97 Å². The summed E-state index contributed by atoms with van der Waals surface area (Å²) in [5, 5.41) is 14.5. The van der Waals surface area contributed by atoms with Crippen molar-refractivity contribution >= 4 is 28.8 Å². The van der Waals surface area contributed by atoms with Gasteiger partial charge in [-0.1, -0.05) is 19.4 Å². The highest BCUT2D eigenvalue weighted by Crippen LogP contribution is 2.32. The van der Waals surface area contributed by atoms with E-state index in [0.717, 1.165) is 29.0 Å². The van der Waals surface area contributed by atoms with Gasteiger partial charge < -0.3 is 15.2 Å². The zero-order chi connectivity index (χ0) is 19.4. The highest BCUT2D eigenvalue weighted by atomic mass is 32.1. The summed E-state index contributed by atoms with van der Waals surface area (Å²) in [6.07, 6.45) is 1.81. The summed E-state index contributed by atoms with van der Waals surface area (Å²) >= 11 is 1.59. The highest BCUT2D eigenvalue weighted by molar-refractivity contribution is 7.13. The molecule has 3 rings (SSSR count). The van der Waals surface area contributed by atoms with E-state index >= 15 is 0 Å². The molecule has 0 bridgehead atoms. The lowest BCUT2D eigenvalue weighted by molar-refractivity contribution is 0.0696. The first-order valence-corrected chi connectivity index (χ1v) is 9.51. The van der Waals surface area contributed by atoms with Gasteiger partial charge in [-0.05, 0) is 43.0 Å². The number of anilines is 2. The molecular formula is C20H21N3O3S. The van der Waals surface area contributed by atoms with Crippen molar-refractivity contribution in [2.75, 3.05) is 12.4 Å². The van der Waals surface area contributed by atoms with Crippen molar-refractivity contribution in [3.63, 3.8) is 0 Å². The topological polar surface area (TPSA) is 84.3 Å². The number of hydrogen-bond donors (Lipinski definition) is 2. The zero-order valence-corrected chi connectivity index (χ0v) is 16.3. The molecule has 0 amide bonds. The van der Waals surface area contributed by atoms with E-state index in [1.54, 1.807) is 23.5 Å². The van der Waals surface area contributed by atoms with Crippen LogP contribution in [0, 0.1) is 6.92 Å². The number of hydrogen-bond acceptors (Lipinski definition) is 6. The van der Waals surface area contributed by atoms with Crippen molar-refractivity contribution in [3.8, 4) is 16.5 Å². The quantitative estimate of drug-likeness (QED) is 0.603. The Kier molecular flexibility index (Phi) is 5.71. The largest absolute Gasteiger partial charge is 0.495 e. The van der Waals surface area contributed by atoms with Crippen LogP contribution in [0.15, 0.2) is 35.7 Å². The second-order valence-corrected chi connectivity index (χ2v) is 6.98. The molecule has 2 N–H and O–H groups in total. The third kappa shape index (κ3) is 4.09. The Balaban J connectivity index is 2.06. The van der Waals surface area contributed by atoms with Gasteiger partial charge >= 0.3 is 5.97 Å². The van der Waals surface area contributed by atoms with Gasteiger partial charge in [-0.3, -0.25) is 0 Å². The molecule has 0 unspecified atom stereocenters. The van der Waals surface area contributed by atoms with Gasteiger partial charge in [-0.2, -0.15) is 0 Å². The second-order valence-electron chi connectivity index (χ2n) is 6.03. The van der Waals surface area contributed by atoms with Gasteiger partial charge in [0.05, 0.1) is 23.2 Å². The molecule has 0 spiro atoms. The molecule has 6 nitrogen and oxygen atoms in total. The van der Waals surface area contributed by atoms with Crippen LogP contribution in [-0.2, 0) is 6.42 Å². The van der Waals surface area contributed by atoms with Crippen LogP contribution in [0.2, 0.25) is 0 Å². The molecule has 27 heavy (non-hydrogen) atoms. The maximum absolute atomic E-state index is 11.2. The fourth-order valence-electron chi connectivity index (χ4n) is 2.82. The van der Waals surface area contributed by atoms with E-state index in [9.17, 15) is 9.90 Å². The molecule has 3 aromatic rings. The number of ether oxygens (including phenoxy) is 1. The molecule has 0 radical (unpaired) electrons. The van der Waals surface area contributed by atoms with Gasteiger partial charge in [0.2, 0.25) is 0 Å². The lowest BCUT2D eigenvalue weighted by atomic mass is 10.1. The molecule has 0 atom stereocenters. The number of rotatable bonds is 7. The fourth-order valence-corrected chi connectivity index (χ4v) is 3.48. The summed E-state index contributed by atoms with van der Waals surface area (Å²) in [6.45, 7) is 4.10. The maximum Gasteiger partial charge on any atom is 0.335 e. The molecule has 140 valence electrons. The number of aryl methyl sites for hydroxylation is 1. The number of carboxylic acid groups (broad SMARTS) is 1. The standard InChI is InChI=1S/C20H21N3O3S/c1-4-6-14-12(2)21-19(17-7-5-10-27-17)23-18(14)22-15-9-8-13(20(24)25)11-16(15)26-3/h5,7-11H,4,6H2,1-3H3,(H,24,25)(H,21,22,23). The summed E-state index contributed by atoms with van der Waals surface area (Å²) in [4.78, 5) is 21.6. The van der Waals surface area contributed by atoms with E-state index in [4.69, 9.17) is 9.72 Å².